The first-order valence-corrected chi connectivity index (χ1v) is 4.46. The molecule has 0 saturated carbocycles. The van der Waals surface area contributed by atoms with Crippen LogP contribution in [0.4, 0.5) is 0 Å². The molecule has 1 aliphatic heterocycles. The Morgan fingerprint density at radius 3 is 3.00 bits per heavy atom. The van der Waals surface area contributed by atoms with Crippen LogP contribution in [-0.4, -0.2) is 23.0 Å². The van der Waals surface area contributed by atoms with Gasteiger partial charge in [-0.2, -0.15) is 5.26 Å². The molecule has 0 radical (unpaired) electrons. The first-order chi connectivity index (χ1) is 6.40. The molecule has 0 aromatic carbocycles. The van der Waals surface area contributed by atoms with E-state index >= 15 is 0 Å². The Kier molecular flexibility index (Phi) is 2.24. The third-order valence-corrected chi connectivity index (χ3v) is 2.34. The molecule has 13 heavy (non-hydrogen) atoms. The molecular weight excluding hydrogens is 162 g/mol. The fourth-order valence-electron chi connectivity index (χ4n) is 1.45. The third kappa shape index (κ3) is 1.68. The summed E-state index contributed by atoms with van der Waals surface area (Å²) in [4.78, 5) is 6.34. The van der Waals surface area contributed by atoms with Crippen LogP contribution in [0.25, 0.3) is 0 Å². The van der Waals surface area contributed by atoms with Gasteiger partial charge >= 0.3 is 0 Å². The van der Waals surface area contributed by atoms with Gasteiger partial charge in [0, 0.05) is 18.3 Å². The number of aromatic nitrogens is 1. The SMILES string of the molecule is N#Cc1ncccc1CN1CCC1. The maximum absolute atomic E-state index is 8.79. The largest absolute Gasteiger partial charge is 0.299 e. The van der Waals surface area contributed by atoms with E-state index in [4.69, 9.17) is 5.26 Å². The van der Waals surface area contributed by atoms with Crippen LogP contribution >= 0.6 is 0 Å². The summed E-state index contributed by atoms with van der Waals surface area (Å²) in [5, 5.41) is 8.79. The van der Waals surface area contributed by atoms with Crippen molar-refractivity contribution in [2.45, 2.75) is 13.0 Å². The zero-order valence-corrected chi connectivity index (χ0v) is 7.40. The van der Waals surface area contributed by atoms with Crippen molar-refractivity contribution in [3.8, 4) is 6.07 Å². The van der Waals surface area contributed by atoms with Gasteiger partial charge in [0.15, 0.2) is 0 Å². The molecule has 66 valence electrons. The summed E-state index contributed by atoms with van der Waals surface area (Å²) >= 11 is 0. The van der Waals surface area contributed by atoms with Crippen molar-refractivity contribution in [3.63, 3.8) is 0 Å². The predicted octanol–water partition coefficient (Wildman–Crippen LogP) is 1.16. The first-order valence-electron chi connectivity index (χ1n) is 4.46. The normalized spacial score (nSPS) is 16.2. The number of likely N-dealkylation sites (tertiary alicyclic amines) is 1. The molecule has 0 spiro atoms. The molecule has 0 atom stereocenters. The van der Waals surface area contributed by atoms with Crippen LogP contribution in [0.1, 0.15) is 17.7 Å². The number of pyridine rings is 1. The minimum atomic E-state index is 0.564. The molecule has 2 rings (SSSR count). The molecule has 0 unspecified atom stereocenters. The Hall–Kier alpha value is -1.40. The van der Waals surface area contributed by atoms with Crippen molar-refractivity contribution in [1.29, 1.82) is 5.26 Å². The Morgan fingerprint density at radius 1 is 1.54 bits per heavy atom. The second kappa shape index (κ2) is 3.55. The maximum atomic E-state index is 8.79. The summed E-state index contributed by atoms with van der Waals surface area (Å²) < 4.78 is 0. The predicted molar refractivity (Wildman–Crippen MR) is 48.8 cm³/mol. The molecule has 2 heterocycles. The minimum Gasteiger partial charge on any atom is -0.299 e. The summed E-state index contributed by atoms with van der Waals surface area (Å²) in [5.41, 5.74) is 1.61. The van der Waals surface area contributed by atoms with Crippen LogP contribution in [0.15, 0.2) is 18.3 Å². The van der Waals surface area contributed by atoms with Crippen LogP contribution in [-0.2, 0) is 6.54 Å². The van der Waals surface area contributed by atoms with E-state index < -0.39 is 0 Å². The Balaban J connectivity index is 2.14. The van der Waals surface area contributed by atoms with E-state index in [0.717, 1.165) is 25.2 Å². The molecule has 3 nitrogen and oxygen atoms in total. The highest BCUT2D eigenvalue weighted by Gasteiger charge is 2.15. The van der Waals surface area contributed by atoms with E-state index in [0.29, 0.717) is 5.69 Å². The lowest BCUT2D eigenvalue weighted by atomic mass is 10.1. The average Bonchev–Trinajstić information content (AvgIpc) is 2.12. The van der Waals surface area contributed by atoms with Gasteiger partial charge in [-0.1, -0.05) is 6.07 Å². The standard InChI is InChI=1S/C10H11N3/c11-7-10-9(3-1-4-12-10)8-13-5-2-6-13/h1,3-4H,2,5-6,8H2. The van der Waals surface area contributed by atoms with Crippen molar-refractivity contribution in [2.75, 3.05) is 13.1 Å². The Morgan fingerprint density at radius 2 is 2.38 bits per heavy atom. The third-order valence-electron chi connectivity index (χ3n) is 2.34. The molecule has 1 fully saturated rings. The molecule has 1 aromatic heterocycles. The zero-order valence-electron chi connectivity index (χ0n) is 7.40. The molecule has 1 saturated heterocycles. The first kappa shape index (κ1) is 8.21. The van der Waals surface area contributed by atoms with Gasteiger partial charge in [0.2, 0.25) is 0 Å². The maximum Gasteiger partial charge on any atom is 0.144 e. The molecule has 1 aliphatic rings. The number of rotatable bonds is 2. The van der Waals surface area contributed by atoms with Gasteiger partial charge in [-0.05, 0) is 25.6 Å². The summed E-state index contributed by atoms with van der Waals surface area (Å²) in [6, 6.07) is 5.97. The number of hydrogen-bond acceptors (Lipinski definition) is 3. The van der Waals surface area contributed by atoms with E-state index in [1.165, 1.54) is 6.42 Å². The van der Waals surface area contributed by atoms with Crippen LogP contribution in [0.2, 0.25) is 0 Å². The average molecular weight is 173 g/mol. The molecule has 1 aromatic rings. The second-order valence-electron chi connectivity index (χ2n) is 3.25. The molecule has 0 bridgehead atoms. The lowest BCUT2D eigenvalue weighted by molar-refractivity contribution is 0.172. The minimum absolute atomic E-state index is 0.564. The van der Waals surface area contributed by atoms with Gasteiger partial charge in [-0.15, -0.1) is 0 Å². The fraction of sp³-hybridized carbons (Fsp3) is 0.400. The Bertz CT molecular complexity index is 336. The molecule has 3 heteroatoms. The summed E-state index contributed by atoms with van der Waals surface area (Å²) in [5.74, 6) is 0. The van der Waals surface area contributed by atoms with Crippen LogP contribution < -0.4 is 0 Å². The van der Waals surface area contributed by atoms with Crippen LogP contribution in [0.5, 0.6) is 0 Å². The van der Waals surface area contributed by atoms with Crippen molar-refractivity contribution >= 4 is 0 Å². The van der Waals surface area contributed by atoms with E-state index in [-0.39, 0.29) is 0 Å². The number of nitrogens with zero attached hydrogens (tertiary/aromatic N) is 3. The van der Waals surface area contributed by atoms with E-state index in [1.807, 2.05) is 12.1 Å². The molecule has 0 aliphatic carbocycles. The zero-order chi connectivity index (χ0) is 9.10. The van der Waals surface area contributed by atoms with Gasteiger partial charge in [0.25, 0.3) is 0 Å². The lowest BCUT2D eigenvalue weighted by Gasteiger charge is -2.30. The summed E-state index contributed by atoms with van der Waals surface area (Å²) in [7, 11) is 0. The highest BCUT2D eigenvalue weighted by atomic mass is 15.2. The van der Waals surface area contributed by atoms with Gasteiger partial charge in [-0.3, -0.25) is 4.90 Å². The lowest BCUT2D eigenvalue weighted by Crippen LogP contribution is -2.36. The number of nitriles is 1. The monoisotopic (exact) mass is 173 g/mol. The summed E-state index contributed by atoms with van der Waals surface area (Å²) in [6.07, 6.45) is 2.94. The molecular formula is C10H11N3. The van der Waals surface area contributed by atoms with Crippen LogP contribution in [0, 0.1) is 11.3 Å². The van der Waals surface area contributed by atoms with Crippen molar-refractivity contribution in [2.24, 2.45) is 0 Å². The highest BCUT2D eigenvalue weighted by molar-refractivity contribution is 5.30. The summed E-state index contributed by atoms with van der Waals surface area (Å²) in [6.45, 7) is 3.18. The van der Waals surface area contributed by atoms with E-state index in [1.54, 1.807) is 6.20 Å². The van der Waals surface area contributed by atoms with Crippen molar-refractivity contribution in [1.82, 2.24) is 9.88 Å². The van der Waals surface area contributed by atoms with Gasteiger partial charge in [0.1, 0.15) is 11.8 Å². The van der Waals surface area contributed by atoms with Gasteiger partial charge in [0.05, 0.1) is 0 Å². The Labute approximate surface area is 77.6 Å². The molecule has 0 N–H and O–H groups in total. The van der Waals surface area contributed by atoms with E-state index in [2.05, 4.69) is 16.0 Å². The second-order valence-corrected chi connectivity index (χ2v) is 3.25. The van der Waals surface area contributed by atoms with Crippen LogP contribution in [0.3, 0.4) is 0 Å². The van der Waals surface area contributed by atoms with E-state index in [9.17, 15) is 0 Å². The number of hydrogen-bond donors (Lipinski definition) is 0. The fourth-order valence-corrected chi connectivity index (χ4v) is 1.45. The highest BCUT2D eigenvalue weighted by Crippen LogP contribution is 2.13. The molecule has 0 amide bonds. The van der Waals surface area contributed by atoms with Gasteiger partial charge in [-0.25, -0.2) is 4.98 Å². The van der Waals surface area contributed by atoms with Crippen molar-refractivity contribution in [3.05, 3.63) is 29.6 Å². The van der Waals surface area contributed by atoms with Crippen molar-refractivity contribution < 1.29 is 0 Å². The smallest absolute Gasteiger partial charge is 0.144 e. The van der Waals surface area contributed by atoms with Gasteiger partial charge < -0.3 is 0 Å². The topological polar surface area (TPSA) is 39.9 Å². The quantitative estimate of drug-likeness (QED) is 0.673.